The van der Waals surface area contributed by atoms with Gasteiger partial charge in [0.15, 0.2) is 13.2 Å². The Balaban J connectivity index is 1.73. The molecule has 0 spiro atoms. The lowest BCUT2D eigenvalue weighted by Gasteiger charge is -2.10. The maximum absolute atomic E-state index is 11.8. The summed E-state index contributed by atoms with van der Waals surface area (Å²) in [4.78, 5) is 23.5. The van der Waals surface area contributed by atoms with Crippen molar-refractivity contribution in [2.24, 2.45) is 0 Å². The molecule has 0 aromatic heterocycles. The minimum atomic E-state index is -0.592. The second-order valence-electron chi connectivity index (χ2n) is 5.70. The molecular weight excluding hydrogens is 433 g/mol. The quantitative estimate of drug-likeness (QED) is 0.509. The average molecular weight is 453 g/mol. The van der Waals surface area contributed by atoms with Crippen LogP contribution in [0.2, 0.25) is 0 Å². The minimum Gasteiger partial charge on any atom is -0.482 e. The van der Waals surface area contributed by atoms with E-state index in [-0.39, 0.29) is 13.2 Å². The van der Waals surface area contributed by atoms with Gasteiger partial charge in [-0.3, -0.25) is 4.79 Å². The lowest BCUT2D eigenvalue weighted by molar-refractivity contribution is -0.149. The van der Waals surface area contributed by atoms with Crippen molar-refractivity contribution in [1.82, 2.24) is 0 Å². The Hall–Kier alpha value is -2.09. The normalized spacial score (nSPS) is 10.4. The zero-order chi connectivity index (χ0) is 18.2. The zero-order valence-corrected chi connectivity index (χ0v) is 16.3. The van der Waals surface area contributed by atoms with E-state index in [2.05, 4.69) is 41.8 Å². The molecule has 0 saturated heterocycles. The molecular formula is C19H20INO4. The van der Waals surface area contributed by atoms with Gasteiger partial charge in [-0.25, -0.2) is 4.79 Å². The molecule has 25 heavy (non-hydrogen) atoms. The number of para-hydroxylation sites is 1. The second-order valence-corrected chi connectivity index (χ2v) is 6.86. The number of nitrogens with one attached hydrogen (secondary N) is 1. The predicted octanol–water partition coefficient (Wildman–Crippen LogP) is 3.98. The van der Waals surface area contributed by atoms with E-state index >= 15 is 0 Å². The van der Waals surface area contributed by atoms with E-state index in [0.717, 1.165) is 3.57 Å². The van der Waals surface area contributed by atoms with Crippen molar-refractivity contribution in [3.8, 4) is 5.75 Å². The molecule has 2 rings (SSSR count). The summed E-state index contributed by atoms with van der Waals surface area (Å²) in [5, 5.41) is 2.69. The van der Waals surface area contributed by atoms with Gasteiger partial charge in [0.2, 0.25) is 0 Å². The highest BCUT2D eigenvalue weighted by Crippen LogP contribution is 2.18. The molecule has 2 aromatic carbocycles. The van der Waals surface area contributed by atoms with Crippen molar-refractivity contribution in [3.05, 3.63) is 57.7 Å². The summed E-state index contributed by atoms with van der Waals surface area (Å²) >= 11 is 2.12. The fraction of sp³-hybridized carbons (Fsp3) is 0.263. The number of amides is 1. The van der Waals surface area contributed by atoms with Crippen LogP contribution in [0.15, 0.2) is 48.5 Å². The van der Waals surface area contributed by atoms with Gasteiger partial charge in [-0.05, 0) is 58.3 Å². The smallest absolute Gasteiger partial charge is 0.344 e. The Morgan fingerprint density at radius 2 is 1.72 bits per heavy atom. The van der Waals surface area contributed by atoms with Gasteiger partial charge in [-0.15, -0.1) is 0 Å². The molecule has 2 aromatic rings. The third kappa shape index (κ3) is 6.38. The summed E-state index contributed by atoms with van der Waals surface area (Å²) in [5.74, 6) is 0.0411. The van der Waals surface area contributed by atoms with Crippen molar-refractivity contribution in [2.45, 2.75) is 19.8 Å². The van der Waals surface area contributed by atoms with Crippen LogP contribution in [-0.4, -0.2) is 25.1 Å². The first-order chi connectivity index (χ1) is 12.0. The molecule has 1 amide bonds. The molecule has 0 heterocycles. The first-order valence-corrected chi connectivity index (χ1v) is 8.96. The molecule has 0 unspecified atom stereocenters. The fourth-order valence-electron chi connectivity index (χ4n) is 2.03. The largest absolute Gasteiger partial charge is 0.482 e. The summed E-state index contributed by atoms with van der Waals surface area (Å²) in [7, 11) is 0. The number of halogens is 1. The van der Waals surface area contributed by atoms with Crippen LogP contribution < -0.4 is 10.1 Å². The molecule has 0 atom stereocenters. The first kappa shape index (κ1) is 19.2. The Morgan fingerprint density at radius 1 is 1.04 bits per heavy atom. The number of ether oxygens (including phenoxy) is 2. The molecule has 132 valence electrons. The van der Waals surface area contributed by atoms with Crippen LogP contribution in [0, 0.1) is 3.57 Å². The Morgan fingerprint density at radius 3 is 2.36 bits per heavy atom. The SMILES string of the molecule is CC(C)c1ccc(OCC(=O)OCC(=O)Nc2ccccc2I)cc1. The zero-order valence-electron chi connectivity index (χ0n) is 14.1. The monoisotopic (exact) mass is 453 g/mol. The van der Waals surface area contributed by atoms with E-state index in [9.17, 15) is 9.59 Å². The van der Waals surface area contributed by atoms with Crippen LogP contribution in [0.3, 0.4) is 0 Å². The van der Waals surface area contributed by atoms with Crippen LogP contribution in [-0.2, 0) is 14.3 Å². The van der Waals surface area contributed by atoms with Gasteiger partial charge in [0, 0.05) is 3.57 Å². The molecule has 0 aliphatic rings. The van der Waals surface area contributed by atoms with Gasteiger partial charge in [0.05, 0.1) is 5.69 Å². The van der Waals surface area contributed by atoms with Crippen LogP contribution in [0.1, 0.15) is 25.3 Å². The maximum Gasteiger partial charge on any atom is 0.344 e. The Kier molecular flexibility index (Phi) is 7.24. The predicted molar refractivity (Wildman–Crippen MR) is 105 cm³/mol. The topological polar surface area (TPSA) is 64.6 Å². The number of rotatable bonds is 7. The fourth-order valence-corrected chi connectivity index (χ4v) is 2.55. The first-order valence-electron chi connectivity index (χ1n) is 7.88. The highest BCUT2D eigenvalue weighted by Gasteiger charge is 2.10. The van der Waals surface area contributed by atoms with Crippen LogP contribution in [0.5, 0.6) is 5.75 Å². The number of anilines is 1. The van der Waals surface area contributed by atoms with Crippen molar-refractivity contribution < 1.29 is 19.1 Å². The van der Waals surface area contributed by atoms with E-state index in [1.807, 2.05) is 42.5 Å². The van der Waals surface area contributed by atoms with E-state index in [4.69, 9.17) is 9.47 Å². The van der Waals surface area contributed by atoms with Crippen molar-refractivity contribution in [2.75, 3.05) is 18.5 Å². The maximum atomic E-state index is 11.8. The third-order valence-electron chi connectivity index (χ3n) is 3.42. The summed E-state index contributed by atoms with van der Waals surface area (Å²) in [6.45, 7) is 3.63. The molecule has 0 aliphatic carbocycles. The van der Waals surface area contributed by atoms with E-state index in [1.165, 1.54) is 5.56 Å². The summed E-state index contributed by atoms with van der Waals surface area (Å²) < 4.78 is 11.2. The van der Waals surface area contributed by atoms with Crippen LogP contribution in [0.25, 0.3) is 0 Å². The van der Waals surface area contributed by atoms with Gasteiger partial charge in [-0.2, -0.15) is 0 Å². The molecule has 1 N–H and O–H groups in total. The molecule has 0 fully saturated rings. The Labute approximate surface area is 160 Å². The van der Waals surface area contributed by atoms with E-state index in [0.29, 0.717) is 17.4 Å². The summed E-state index contributed by atoms with van der Waals surface area (Å²) in [6.07, 6.45) is 0. The highest BCUT2D eigenvalue weighted by molar-refractivity contribution is 14.1. The average Bonchev–Trinajstić information content (AvgIpc) is 2.60. The molecule has 0 bridgehead atoms. The third-order valence-corrected chi connectivity index (χ3v) is 4.36. The number of esters is 1. The van der Waals surface area contributed by atoms with Gasteiger partial charge in [-0.1, -0.05) is 38.1 Å². The minimum absolute atomic E-state index is 0.239. The standard InChI is InChI=1S/C19H20INO4/c1-13(2)14-7-9-15(10-8-14)24-12-19(23)25-11-18(22)21-17-6-4-3-5-16(17)20/h3-10,13H,11-12H2,1-2H3,(H,21,22). The lowest BCUT2D eigenvalue weighted by atomic mass is 10.0. The molecule has 0 radical (unpaired) electrons. The highest BCUT2D eigenvalue weighted by atomic mass is 127. The Bertz CT molecular complexity index is 728. The molecule has 6 heteroatoms. The molecule has 0 aliphatic heterocycles. The van der Waals surface area contributed by atoms with Crippen LogP contribution >= 0.6 is 22.6 Å². The number of hydrogen-bond donors (Lipinski definition) is 1. The van der Waals surface area contributed by atoms with E-state index < -0.39 is 11.9 Å². The van der Waals surface area contributed by atoms with Gasteiger partial charge in [0.25, 0.3) is 5.91 Å². The van der Waals surface area contributed by atoms with Gasteiger partial charge < -0.3 is 14.8 Å². The number of carbonyl (C=O) groups is 2. The molecule has 5 nitrogen and oxygen atoms in total. The van der Waals surface area contributed by atoms with Crippen LogP contribution in [0.4, 0.5) is 5.69 Å². The summed E-state index contributed by atoms with van der Waals surface area (Å²) in [6, 6.07) is 14.9. The van der Waals surface area contributed by atoms with E-state index in [1.54, 1.807) is 6.07 Å². The molecule has 0 saturated carbocycles. The number of hydrogen-bond acceptors (Lipinski definition) is 4. The van der Waals surface area contributed by atoms with Crippen molar-refractivity contribution in [3.63, 3.8) is 0 Å². The lowest BCUT2D eigenvalue weighted by Crippen LogP contribution is -2.24. The summed E-state index contributed by atoms with van der Waals surface area (Å²) in [5.41, 5.74) is 1.88. The second kappa shape index (κ2) is 9.41. The number of carbonyl (C=O) groups excluding carboxylic acids is 2. The number of benzene rings is 2. The van der Waals surface area contributed by atoms with Gasteiger partial charge in [0.1, 0.15) is 5.75 Å². The van der Waals surface area contributed by atoms with Crippen molar-refractivity contribution >= 4 is 40.2 Å². The van der Waals surface area contributed by atoms with Gasteiger partial charge >= 0.3 is 5.97 Å². The van der Waals surface area contributed by atoms with Crippen molar-refractivity contribution in [1.29, 1.82) is 0 Å².